The third-order valence-electron chi connectivity index (χ3n) is 14.5. The van der Waals surface area contributed by atoms with Crippen molar-refractivity contribution >= 4 is 17.9 Å². The van der Waals surface area contributed by atoms with Crippen LogP contribution in [0.3, 0.4) is 0 Å². The third-order valence-corrected chi connectivity index (χ3v) is 14.5. The number of carbonyl (C=O) groups is 3. The molecule has 1 unspecified atom stereocenters. The molecule has 0 saturated carbocycles. The molecule has 1 atom stereocenters. The highest BCUT2D eigenvalue weighted by Gasteiger charge is 2.19. The second-order valence-corrected chi connectivity index (χ2v) is 21.7. The monoisotopic (exact) mass is 987 g/mol. The van der Waals surface area contributed by atoms with Crippen LogP contribution >= 0.6 is 0 Å². The Hall–Kier alpha value is -1.85. The quantitative estimate of drug-likeness (QED) is 0.0261. The van der Waals surface area contributed by atoms with Crippen LogP contribution in [0.1, 0.15) is 361 Å². The van der Waals surface area contributed by atoms with Crippen molar-refractivity contribution < 1.29 is 28.6 Å². The van der Waals surface area contributed by atoms with E-state index < -0.39 is 6.10 Å². The van der Waals surface area contributed by atoms with Crippen LogP contribution in [0.5, 0.6) is 0 Å². The first kappa shape index (κ1) is 68.2. The lowest BCUT2D eigenvalue weighted by Gasteiger charge is -2.18. The van der Waals surface area contributed by atoms with Gasteiger partial charge in [0.1, 0.15) is 13.2 Å². The molecule has 0 rings (SSSR count). The second kappa shape index (κ2) is 59.7. The van der Waals surface area contributed by atoms with Crippen molar-refractivity contribution in [1.29, 1.82) is 0 Å². The molecule has 0 fully saturated rings. The predicted octanol–water partition coefficient (Wildman–Crippen LogP) is 21.3. The van der Waals surface area contributed by atoms with E-state index in [1.807, 2.05) is 0 Å². The summed E-state index contributed by atoms with van der Waals surface area (Å²) in [6.07, 6.45) is 69.3. The van der Waals surface area contributed by atoms with Gasteiger partial charge in [0.25, 0.3) is 0 Å². The highest BCUT2D eigenvalue weighted by Crippen LogP contribution is 2.18. The lowest BCUT2D eigenvalue weighted by Crippen LogP contribution is -2.30. The van der Waals surface area contributed by atoms with E-state index in [1.54, 1.807) is 0 Å². The zero-order valence-corrected chi connectivity index (χ0v) is 47.6. The SMILES string of the molecule is CCCCCCCCCC/C=C\CCCCCCCCCCCCCCCC(=O)OCC(COC(=O)CCCCCCCCCCCCCC)OC(=O)CCCCCCCCCCCCCCCCC. The van der Waals surface area contributed by atoms with Gasteiger partial charge >= 0.3 is 17.9 Å². The summed E-state index contributed by atoms with van der Waals surface area (Å²) >= 11 is 0. The molecule has 0 aliphatic carbocycles. The fraction of sp³-hybridized carbons (Fsp3) is 0.922. The van der Waals surface area contributed by atoms with Gasteiger partial charge in [0.05, 0.1) is 0 Å². The molecule has 0 aromatic heterocycles. The Kier molecular flexibility index (Phi) is 58.1. The Labute approximate surface area is 437 Å². The molecule has 6 nitrogen and oxygen atoms in total. The molecule has 70 heavy (non-hydrogen) atoms. The molecule has 0 N–H and O–H groups in total. The number of hydrogen-bond acceptors (Lipinski definition) is 6. The number of unbranched alkanes of at least 4 members (excludes halogenated alkanes) is 46. The summed E-state index contributed by atoms with van der Waals surface area (Å²) in [5.41, 5.74) is 0. The summed E-state index contributed by atoms with van der Waals surface area (Å²) < 4.78 is 16.9. The fourth-order valence-corrected chi connectivity index (χ4v) is 9.74. The van der Waals surface area contributed by atoms with Crippen molar-refractivity contribution in [2.45, 2.75) is 367 Å². The Bertz CT molecular complexity index is 1090. The Morgan fingerprint density at radius 1 is 0.271 bits per heavy atom. The smallest absolute Gasteiger partial charge is 0.306 e. The average Bonchev–Trinajstić information content (AvgIpc) is 3.36. The molecule has 0 spiro atoms. The Morgan fingerprint density at radius 3 is 0.714 bits per heavy atom. The van der Waals surface area contributed by atoms with Crippen molar-refractivity contribution in [3.05, 3.63) is 12.2 Å². The van der Waals surface area contributed by atoms with Gasteiger partial charge in [-0.3, -0.25) is 14.4 Å². The lowest BCUT2D eigenvalue weighted by molar-refractivity contribution is -0.167. The van der Waals surface area contributed by atoms with E-state index in [2.05, 4.69) is 32.9 Å². The van der Waals surface area contributed by atoms with Gasteiger partial charge in [-0.25, -0.2) is 0 Å². The number of carbonyl (C=O) groups excluding carboxylic acids is 3. The third kappa shape index (κ3) is 57.1. The van der Waals surface area contributed by atoms with Crippen molar-refractivity contribution in [2.75, 3.05) is 13.2 Å². The minimum Gasteiger partial charge on any atom is -0.462 e. The van der Waals surface area contributed by atoms with E-state index in [0.717, 1.165) is 57.8 Å². The van der Waals surface area contributed by atoms with E-state index >= 15 is 0 Å². The van der Waals surface area contributed by atoms with Crippen LogP contribution in [-0.2, 0) is 28.6 Å². The minimum atomic E-state index is -0.764. The maximum atomic E-state index is 12.9. The van der Waals surface area contributed by atoms with Crippen molar-refractivity contribution in [1.82, 2.24) is 0 Å². The summed E-state index contributed by atoms with van der Waals surface area (Å²) in [5.74, 6) is -0.835. The molecular formula is C64H122O6. The van der Waals surface area contributed by atoms with Gasteiger partial charge < -0.3 is 14.2 Å². The molecule has 0 aliphatic heterocycles. The summed E-state index contributed by atoms with van der Waals surface area (Å²) in [5, 5.41) is 0. The lowest BCUT2D eigenvalue weighted by atomic mass is 10.0. The van der Waals surface area contributed by atoms with Gasteiger partial charge in [0.2, 0.25) is 0 Å². The topological polar surface area (TPSA) is 78.9 Å². The fourth-order valence-electron chi connectivity index (χ4n) is 9.74. The molecule has 0 heterocycles. The van der Waals surface area contributed by atoms with Crippen LogP contribution in [0.25, 0.3) is 0 Å². The van der Waals surface area contributed by atoms with E-state index in [1.165, 1.54) is 263 Å². The number of rotatable bonds is 59. The zero-order valence-electron chi connectivity index (χ0n) is 47.6. The standard InChI is InChI=1S/C64H122O6/c1-4-7-10-13-16-19-22-25-27-28-29-30-31-32-33-34-35-36-38-39-42-45-48-51-54-57-63(66)69-60-61(59-68-62(65)56-53-50-47-44-41-24-21-18-15-12-9-6-3)70-64(67)58-55-52-49-46-43-40-37-26-23-20-17-14-11-8-5-2/h28-29,61H,4-27,30-60H2,1-3H3/b29-28-. The minimum absolute atomic E-state index is 0.0632. The number of allylic oxidation sites excluding steroid dienone is 2. The van der Waals surface area contributed by atoms with Crippen LogP contribution in [0.4, 0.5) is 0 Å². The number of hydrogen-bond donors (Lipinski definition) is 0. The molecule has 0 bridgehead atoms. The summed E-state index contributed by atoms with van der Waals surface area (Å²) in [6.45, 7) is 6.70. The van der Waals surface area contributed by atoms with Gasteiger partial charge in [0.15, 0.2) is 6.10 Å². The van der Waals surface area contributed by atoms with E-state index in [9.17, 15) is 14.4 Å². The molecule has 0 aliphatic rings. The number of esters is 3. The molecule has 0 aromatic rings. The van der Waals surface area contributed by atoms with Gasteiger partial charge in [-0.2, -0.15) is 0 Å². The van der Waals surface area contributed by atoms with Crippen molar-refractivity contribution in [2.24, 2.45) is 0 Å². The van der Waals surface area contributed by atoms with E-state index in [4.69, 9.17) is 14.2 Å². The van der Waals surface area contributed by atoms with Gasteiger partial charge in [-0.15, -0.1) is 0 Å². The van der Waals surface area contributed by atoms with Crippen LogP contribution in [0.2, 0.25) is 0 Å². The molecular weight excluding hydrogens is 865 g/mol. The Morgan fingerprint density at radius 2 is 0.471 bits per heavy atom. The van der Waals surface area contributed by atoms with E-state index in [-0.39, 0.29) is 31.1 Å². The average molecular weight is 988 g/mol. The molecule has 0 amide bonds. The molecule has 0 saturated heterocycles. The normalized spacial score (nSPS) is 12.0. The van der Waals surface area contributed by atoms with Crippen LogP contribution in [-0.4, -0.2) is 37.2 Å². The van der Waals surface area contributed by atoms with Gasteiger partial charge in [0, 0.05) is 19.3 Å². The highest BCUT2D eigenvalue weighted by molar-refractivity contribution is 5.71. The second-order valence-electron chi connectivity index (χ2n) is 21.7. The van der Waals surface area contributed by atoms with Crippen LogP contribution < -0.4 is 0 Å². The largest absolute Gasteiger partial charge is 0.462 e. The maximum absolute atomic E-state index is 12.9. The molecule has 414 valence electrons. The van der Waals surface area contributed by atoms with Crippen LogP contribution in [0.15, 0.2) is 12.2 Å². The molecule has 0 radical (unpaired) electrons. The summed E-state index contributed by atoms with van der Waals surface area (Å²) in [6, 6.07) is 0. The first-order valence-corrected chi connectivity index (χ1v) is 31.7. The molecule has 6 heteroatoms. The van der Waals surface area contributed by atoms with Crippen molar-refractivity contribution in [3.63, 3.8) is 0 Å². The number of ether oxygens (including phenoxy) is 3. The zero-order chi connectivity index (χ0) is 50.7. The van der Waals surface area contributed by atoms with Gasteiger partial charge in [-0.05, 0) is 44.9 Å². The first-order chi connectivity index (χ1) is 34.5. The Balaban J connectivity index is 4.18. The predicted molar refractivity (Wildman–Crippen MR) is 303 cm³/mol. The first-order valence-electron chi connectivity index (χ1n) is 31.7. The highest BCUT2D eigenvalue weighted by atomic mass is 16.6. The maximum Gasteiger partial charge on any atom is 0.306 e. The van der Waals surface area contributed by atoms with Gasteiger partial charge in [-0.1, -0.05) is 309 Å². The van der Waals surface area contributed by atoms with Crippen LogP contribution in [0, 0.1) is 0 Å². The van der Waals surface area contributed by atoms with Crippen molar-refractivity contribution in [3.8, 4) is 0 Å². The summed E-state index contributed by atoms with van der Waals surface area (Å²) in [7, 11) is 0. The van der Waals surface area contributed by atoms with E-state index in [0.29, 0.717) is 19.3 Å². The summed E-state index contributed by atoms with van der Waals surface area (Å²) in [4.78, 5) is 38.2. The molecule has 0 aromatic carbocycles.